The lowest BCUT2D eigenvalue weighted by molar-refractivity contribution is 0.415. The van der Waals surface area contributed by atoms with E-state index in [0.717, 1.165) is 0 Å². The summed E-state index contributed by atoms with van der Waals surface area (Å²) in [4.78, 5) is 8.22. The zero-order valence-electron chi connectivity index (χ0n) is 9.35. The highest BCUT2D eigenvalue weighted by Crippen LogP contribution is 2.28. The zero-order chi connectivity index (χ0) is 12.3. The number of hydrogen-bond donors (Lipinski definition) is 1. The number of rotatable bonds is 3. The fourth-order valence-corrected chi connectivity index (χ4v) is 1.53. The predicted octanol–water partition coefficient (Wildman–Crippen LogP) is 1.75. The Morgan fingerprint density at radius 3 is 2.88 bits per heavy atom. The van der Waals surface area contributed by atoms with Crippen LogP contribution < -0.4 is 10.5 Å². The number of nitrogens with two attached hydrogens (primary N) is 1. The van der Waals surface area contributed by atoms with E-state index < -0.39 is 0 Å². The van der Waals surface area contributed by atoms with Crippen LogP contribution in [-0.2, 0) is 6.54 Å². The van der Waals surface area contributed by atoms with Crippen molar-refractivity contribution in [1.29, 1.82) is 0 Å². The van der Waals surface area contributed by atoms with Crippen molar-refractivity contribution in [1.82, 2.24) is 9.97 Å². The molecule has 88 valence electrons. The van der Waals surface area contributed by atoms with E-state index in [9.17, 15) is 4.39 Å². The first-order valence-corrected chi connectivity index (χ1v) is 5.10. The summed E-state index contributed by atoms with van der Waals surface area (Å²) in [5, 5.41) is 0. The highest BCUT2D eigenvalue weighted by Gasteiger charge is 2.09. The van der Waals surface area contributed by atoms with Crippen molar-refractivity contribution in [2.24, 2.45) is 5.73 Å². The van der Waals surface area contributed by atoms with E-state index >= 15 is 0 Å². The summed E-state index contributed by atoms with van der Waals surface area (Å²) >= 11 is 0. The second-order valence-electron chi connectivity index (χ2n) is 3.41. The van der Waals surface area contributed by atoms with Crippen molar-refractivity contribution in [2.45, 2.75) is 6.54 Å². The average Bonchev–Trinajstić information content (AvgIpc) is 2.39. The van der Waals surface area contributed by atoms with Gasteiger partial charge in [-0.3, -0.25) is 0 Å². The van der Waals surface area contributed by atoms with Gasteiger partial charge in [-0.05, 0) is 24.3 Å². The Hall–Kier alpha value is -2.01. The third kappa shape index (κ3) is 2.39. The van der Waals surface area contributed by atoms with Crippen molar-refractivity contribution in [3.05, 3.63) is 42.1 Å². The topological polar surface area (TPSA) is 61.0 Å². The van der Waals surface area contributed by atoms with Crippen LogP contribution in [0.2, 0.25) is 0 Å². The molecule has 0 aliphatic heterocycles. The SMILES string of the molecule is COc1ccc(F)cc1-c1ccnc(CN)n1. The minimum atomic E-state index is -0.339. The van der Waals surface area contributed by atoms with Gasteiger partial charge >= 0.3 is 0 Å². The van der Waals surface area contributed by atoms with Crippen LogP contribution in [0.15, 0.2) is 30.5 Å². The number of methoxy groups -OCH3 is 1. The smallest absolute Gasteiger partial charge is 0.142 e. The molecule has 0 saturated heterocycles. The third-order valence-electron chi connectivity index (χ3n) is 2.33. The first-order chi connectivity index (χ1) is 8.24. The van der Waals surface area contributed by atoms with Gasteiger partial charge in [0.2, 0.25) is 0 Å². The molecule has 0 spiro atoms. The van der Waals surface area contributed by atoms with Gasteiger partial charge in [0, 0.05) is 11.8 Å². The zero-order valence-corrected chi connectivity index (χ0v) is 9.35. The lowest BCUT2D eigenvalue weighted by atomic mass is 10.1. The summed E-state index contributed by atoms with van der Waals surface area (Å²) in [5.41, 5.74) is 6.65. The van der Waals surface area contributed by atoms with E-state index in [-0.39, 0.29) is 12.4 Å². The molecule has 17 heavy (non-hydrogen) atoms. The Labute approximate surface area is 98.3 Å². The molecule has 0 bridgehead atoms. The standard InChI is InChI=1S/C12H12FN3O/c1-17-11-3-2-8(13)6-9(11)10-4-5-15-12(7-14)16-10/h2-6H,7,14H2,1H3. The molecule has 0 radical (unpaired) electrons. The highest BCUT2D eigenvalue weighted by molar-refractivity contribution is 5.66. The van der Waals surface area contributed by atoms with Crippen molar-refractivity contribution < 1.29 is 9.13 Å². The van der Waals surface area contributed by atoms with Crippen LogP contribution in [0.25, 0.3) is 11.3 Å². The van der Waals surface area contributed by atoms with E-state index in [2.05, 4.69) is 9.97 Å². The van der Waals surface area contributed by atoms with Gasteiger partial charge in [-0.15, -0.1) is 0 Å². The Morgan fingerprint density at radius 2 is 2.18 bits per heavy atom. The molecule has 0 aliphatic rings. The van der Waals surface area contributed by atoms with E-state index in [0.29, 0.717) is 22.8 Å². The van der Waals surface area contributed by atoms with Crippen LogP contribution in [0.4, 0.5) is 4.39 Å². The summed E-state index contributed by atoms with van der Waals surface area (Å²) in [6, 6.07) is 5.97. The van der Waals surface area contributed by atoms with Gasteiger partial charge < -0.3 is 10.5 Å². The normalized spacial score (nSPS) is 10.3. The Balaban J connectivity index is 2.54. The van der Waals surface area contributed by atoms with E-state index in [1.165, 1.54) is 19.2 Å². The number of benzene rings is 1. The predicted molar refractivity (Wildman–Crippen MR) is 61.9 cm³/mol. The molecular weight excluding hydrogens is 221 g/mol. The first-order valence-electron chi connectivity index (χ1n) is 5.10. The van der Waals surface area contributed by atoms with Crippen molar-refractivity contribution in [3.63, 3.8) is 0 Å². The Morgan fingerprint density at radius 1 is 1.35 bits per heavy atom. The number of ether oxygens (including phenoxy) is 1. The lowest BCUT2D eigenvalue weighted by Gasteiger charge is -2.08. The van der Waals surface area contributed by atoms with E-state index in [1.807, 2.05) is 0 Å². The van der Waals surface area contributed by atoms with Crippen molar-refractivity contribution >= 4 is 0 Å². The van der Waals surface area contributed by atoms with Gasteiger partial charge in [-0.2, -0.15) is 0 Å². The van der Waals surface area contributed by atoms with Gasteiger partial charge in [-0.25, -0.2) is 14.4 Å². The maximum Gasteiger partial charge on any atom is 0.142 e. The minimum absolute atomic E-state index is 0.242. The summed E-state index contributed by atoms with van der Waals surface area (Å²) in [5.74, 6) is 0.732. The van der Waals surface area contributed by atoms with Gasteiger partial charge in [0.1, 0.15) is 17.4 Å². The third-order valence-corrected chi connectivity index (χ3v) is 2.33. The van der Waals surface area contributed by atoms with Crippen molar-refractivity contribution in [2.75, 3.05) is 7.11 Å². The molecule has 1 aromatic carbocycles. The second kappa shape index (κ2) is 4.88. The van der Waals surface area contributed by atoms with Gasteiger partial charge in [0.25, 0.3) is 0 Å². The molecule has 0 aliphatic carbocycles. The molecule has 2 N–H and O–H groups in total. The fraction of sp³-hybridized carbons (Fsp3) is 0.167. The van der Waals surface area contributed by atoms with E-state index in [1.54, 1.807) is 18.3 Å². The van der Waals surface area contributed by atoms with Crippen molar-refractivity contribution in [3.8, 4) is 17.0 Å². The minimum Gasteiger partial charge on any atom is -0.496 e. The Bertz CT molecular complexity index is 531. The number of hydrogen-bond acceptors (Lipinski definition) is 4. The van der Waals surface area contributed by atoms with Gasteiger partial charge in [0.15, 0.2) is 0 Å². The Kier molecular flexibility index (Phi) is 3.30. The monoisotopic (exact) mass is 233 g/mol. The molecule has 5 heteroatoms. The summed E-state index contributed by atoms with van der Waals surface area (Å²) in [6.45, 7) is 0.242. The summed E-state index contributed by atoms with van der Waals surface area (Å²) in [7, 11) is 1.53. The van der Waals surface area contributed by atoms with Crippen LogP contribution in [0.1, 0.15) is 5.82 Å². The molecule has 0 unspecified atom stereocenters. The fourth-order valence-electron chi connectivity index (χ4n) is 1.53. The molecule has 4 nitrogen and oxygen atoms in total. The quantitative estimate of drug-likeness (QED) is 0.877. The number of aromatic nitrogens is 2. The molecule has 1 heterocycles. The molecule has 0 amide bonds. The number of halogens is 1. The molecule has 0 fully saturated rings. The second-order valence-corrected chi connectivity index (χ2v) is 3.41. The molecule has 2 aromatic rings. The average molecular weight is 233 g/mol. The molecule has 1 aromatic heterocycles. The molecule has 0 atom stereocenters. The van der Waals surface area contributed by atoms with Crippen LogP contribution in [-0.4, -0.2) is 17.1 Å². The van der Waals surface area contributed by atoms with E-state index in [4.69, 9.17) is 10.5 Å². The maximum absolute atomic E-state index is 13.2. The summed E-state index contributed by atoms with van der Waals surface area (Å²) in [6.07, 6.45) is 1.59. The van der Waals surface area contributed by atoms with Gasteiger partial charge in [0.05, 0.1) is 19.3 Å². The maximum atomic E-state index is 13.2. The summed E-state index contributed by atoms with van der Waals surface area (Å²) < 4.78 is 18.4. The highest BCUT2D eigenvalue weighted by atomic mass is 19.1. The molecular formula is C12H12FN3O. The van der Waals surface area contributed by atoms with Crippen LogP contribution in [0.5, 0.6) is 5.75 Å². The lowest BCUT2D eigenvalue weighted by Crippen LogP contribution is -2.03. The molecule has 2 rings (SSSR count). The largest absolute Gasteiger partial charge is 0.496 e. The van der Waals surface area contributed by atoms with Crippen LogP contribution in [0.3, 0.4) is 0 Å². The first kappa shape index (κ1) is 11.5. The van der Waals surface area contributed by atoms with Crippen LogP contribution in [0, 0.1) is 5.82 Å². The van der Waals surface area contributed by atoms with Crippen LogP contribution >= 0.6 is 0 Å². The molecule has 0 saturated carbocycles. The van der Waals surface area contributed by atoms with Gasteiger partial charge in [-0.1, -0.05) is 0 Å². The number of nitrogens with zero attached hydrogens (tertiary/aromatic N) is 2.